The maximum Gasteiger partial charge on any atom is 0.411 e. The van der Waals surface area contributed by atoms with E-state index in [1.807, 2.05) is 18.2 Å². The van der Waals surface area contributed by atoms with Crippen LogP contribution in [0.15, 0.2) is 42.7 Å². The molecule has 31 heavy (non-hydrogen) atoms. The standard InChI is InChI=1S/C20H24N6O4S/c1-28-10-9-22-19-23-13-17(31-19)16-7-8-21-18(26-16)24-14-3-5-15(6-4-14)25-20(27)30-12-11-29-2/h3-8,13H,9-12H2,1-2H3,(H,22,23)(H,25,27)(H,21,24,26). The van der Waals surface area contributed by atoms with Gasteiger partial charge in [-0.15, -0.1) is 0 Å². The van der Waals surface area contributed by atoms with Gasteiger partial charge in [0.15, 0.2) is 5.13 Å². The molecule has 0 aliphatic carbocycles. The van der Waals surface area contributed by atoms with Gasteiger partial charge in [0.2, 0.25) is 5.95 Å². The highest BCUT2D eigenvalue weighted by atomic mass is 32.1. The van der Waals surface area contributed by atoms with Gasteiger partial charge in [0.25, 0.3) is 0 Å². The van der Waals surface area contributed by atoms with Crippen LogP contribution < -0.4 is 16.0 Å². The van der Waals surface area contributed by atoms with Crippen LogP contribution in [0.4, 0.5) is 27.2 Å². The number of benzene rings is 1. The molecule has 0 fully saturated rings. The number of amides is 1. The largest absolute Gasteiger partial charge is 0.447 e. The average molecular weight is 445 g/mol. The van der Waals surface area contributed by atoms with Crippen LogP contribution in [0.2, 0.25) is 0 Å². The van der Waals surface area contributed by atoms with Crippen LogP contribution in [-0.2, 0) is 14.2 Å². The SMILES string of the molecule is COCCNc1ncc(-c2ccnc(Nc3ccc(NC(=O)OCCOC)cc3)n2)s1. The van der Waals surface area contributed by atoms with Gasteiger partial charge in [-0.25, -0.2) is 19.7 Å². The summed E-state index contributed by atoms with van der Waals surface area (Å²) in [6.07, 6.45) is 2.93. The number of methoxy groups -OCH3 is 2. The molecule has 0 atom stereocenters. The number of ether oxygens (including phenoxy) is 3. The third kappa shape index (κ3) is 7.17. The Hall–Kier alpha value is -3.28. The van der Waals surface area contributed by atoms with E-state index in [-0.39, 0.29) is 6.61 Å². The van der Waals surface area contributed by atoms with Crippen LogP contribution in [0.3, 0.4) is 0 Å². The Labute approximate surface area is 184 Å². The Morgan fingerprint density at radius 3 is 2.55 bits per heavy atom. The van der Waals surface area contributed by atoms with E-state index >= 15 is 0 Å². The zero-order chi connectivity index (χ0) is 21.9. The third-order valence-corrected chi connectivity index (χ3v) is 4.88. The summed E-state index contributed by atoms with van der Waals surface area (Å²) < 4.78 is 14.8. The second kappa shape index (κ2) is 11.8. The van der Waals surface area contributed by atoms with E-state index in [0.29, 0.717) is 31.4 Å². The van der Waals surface area contributed by atoms with E-state index in [9.17, 15) is 4.79 Å². The molecule has 0 unspecified atom stereocenters. The van der Waals surface area contributed by atoms with Crippen molar-refractivity contribution in [3.8, 4) is 10.6 Å². The lowest BCUT2D eigenvalue weighted by atomic mass is 10.3. The van der Waals surface area contributed by atoms with Gasteiger partial charge in [-0.3, -0.25) is 5.32 Å². The van der Waals surface area contributed by atoms with Gasteiger partial charge in [-0.2, -0.15) is 0 Å². The van der Waals surface area contributed by atoms with Crippen molar-refractivity contribution in [2.75, 3.05) is 56.5 Å². The Bertz CT molecular complexity index is 966. The van der Waals surface area contributed by atoms with Crippen molar-refractivity contribution < 1.29 is 19.0 Å². The number of carbonyl (C=O) groups is 1. The van der Waals surface area contributed by atoms with Gasteiger partial charge in [-0.05, 0) is 30.3 Å². The minimum Gasteiger partial charge on any atom is -0.447 e. The van der Waals surface area contributed by atoms with Crippen LogP contribution in [0.1, 0.15) is 0 Å². The third-order valence-electron chi connectivity index (χ3n) is 3.90. The number of aromatic nitrogens is 3. The summed E-state index contributed by atoms with van der Waals surface area (Å²) in [5.74, 6) is 0.458. The van der Waals surface area contributed by atoms with Crippen molar-refractivity contribution in [1.82, 2.24) is 15.0 Å². The normalized spacial score (nSPS) is 10.5. The molecule has 164 valence electrons. The molecular formula is C20H24N6O4S. The predicted molar refractivity (Wildman–Crippen MR) is 120 cm³/mol. The summed E-state index contributed by atoms with van der Waals surface area (Å²) in [5.41, 5.74) is 2.16. The molecule has 3 rings (SSSR count). The summed E-state index contributed by atoms with van der Waals surface area (Å²) in [6, 6.07) is 8.96. The fourth-order valence-electron chi connectivity index (χ4n) is 2.43. The van der Waals surface area contributed by atoms with E-state index in [1.54, 1.807) is 38.7 Å². The highest BCUT2D eigenvalue weighted by molar-refractivity contribution is 7.18. The second-order valence-corrected chi connectivity index (χ2v) is 7.20. The molecule has 0 saturated carbocycles. The lowest BCUT2D eigenvalue weighted by molar-refractivity contribution is 0.107. The lowest BCUT2D eigenvalue weighted by Crippen LogP contribution is -2.16. The molecule has 1 amide bonds. The van der Waals surface area contributed by atoms with Crippen molar-refractivity contribution in [3.05, 3.63) is 42.7 Å². The number of rotatable bonds is 11. The molecule has 0 bridgehead atoms. The maximum atomic E-state index is 11.7. The Kier molecular flexibility index (Phi) is 8.52. The van der Waals surface area contributed by atoms with Gasteiger partial charge >= 0.3 is 6.09 Å². The first-order valence-electron chi connectivity index (χ1n) is 9.50. The summed E-state index contributed by atoms with van der Waals surface area (Å²) in [4.78, 5) is 25.8. The van der Waals surface area contributed by atoms with Gasteiger partial charge in [0.1, 0.15) is 6.61 Å². The van der Waals surface area contributed by atoms with Crippen molar-refractivity contribution in [2.45, 2.75) is 0 Å². The topological polar surface area (TPSA) is 120 Å². The minimum absolute atomic E-state index is 0.195. The van der Waals surface area contributed by atoms with Gasteiger partial charge in [0.05, 0.1) is 23.8 Å². The molecule has 0 spiro atoms. The van der Waals surface area contributed by atoms with Crippen LogP contribution in [-0.4, -0.2) is 61.6 Å². The predicted octanol–water partition coefficient (Wildman–Crippen LogP) is 3.60. The Morgan fingerprint density at radius 2 is 1.77 bits per heavy atom. The number of anilines is 4. The highest BCUT2D eigenvalue weighted by Gasteiger charge is 2.08. The first-order valence-corrected chi connectivity index (χ1v) is 10.3. The zero-order valence-corrected chi connectivity index (χ0v) is 18.1. The minimum atomic E-state index is -0.533. The van der Waals surface area contributed by atoms with Crippen molar-refractivity contribution in [3.63, 3.8) is 0 Å². The molecule has 2 heterocycles. The molecule has 3 aromatic rings. The first kappa shape index (κ1) is 22.4. The Morgan fingerprint density at radius 1 is 1.00 bits per heavy atom. The maximum absolute atomic E-state index is 11.7. The monoisotopic (exact) mass is 444 g/mol. The number of thiazole rings is 1. The van der Waals surface area contributed by atoms with Crippen LogP contribution in [0.25, 0.3) is 10.6 Å². The number of nitrogens with zero attached hydrogens (tertiary/aromatic N) is 3. The van der Waals surface area contributed by atoms with Crippen LogP contribution in [0.5, 0.6) is 0 Å². The fraction of sp³-hybridized carbons (Fsp3) is 0.300. The van der Waals surface area contributed by atoms with Crippen molar-refractivity contribution in [1.29, 1.82) is 0 Å². The number of nitrogens with one attached hydrogen (secondary N) is 3. The molecule has 0 aliphatic rings. The van der Waals surface area contributed by atoms with Gasteiger partial charge in [0, 0.05) is 44.5 Å². The van der Waals surface area contributed by atoms with Crippen LogP contribution in [0, 0.1) is 0 Å². The van der Waals surface area contributed by atoms with E-state index < -0.39 is 6.09 Å². The molecule has 1 aromatic carbocycles. The van der Waals surface area contributed by atoms with Gasteiger partial charge in [-0.1, -0.05) is 11.3 Å². The number of carbonyl (C=O) groups excluding carboxylic acids is 1. The average Bonchev–Trinajstić information content (AvgIpc) is 3.25. The quantitative estimate of drug-likeness (QED) is 0.381. The molecule has 0 aliphatic heterocycles. The van der Waals surface area contributed by atoms with E-state index in [4.69, 9.17) is 14.2 Å². The van der Waals surface area contributed by atoms with Crippen molar-refractivity contribution in [2.24, 2.45) is 0 Å². The fourth-order valence-corrected chi connectivity index (χ4v) is 3.24. The highest BCUT2D eigenvalue weighted by Crippen LogP contribution is 2.28. The van der Waals surface area contributed by atoms with E-state index in [1.165, 1.54) is 11.3 Å². The summed E-state index contributed by atoms with van der Waals surface area (Å²) in [5, 5.41) is 9.81. The number of hydrogen-bond donors (Lipinski definition) is 3. The molecule has 2 aromatic heterocycles. The molecule has 11 heteroatoms. The molecule has 0 saturated heterocycles. The van der Waals surface area contributed by atoms with Gasteiger partial charge < -0.3 is 24.8 Å². The molecule has 10 nitrogen and oxygen atoms in total. The number of hydrogen-bond acceptors (Lipinski definition) is 10. The van der Waals surface area contributed by atoms with Crippen molar-refractivity contribution >= 4 is 39.9 Å². The summed E-state index contributed by atoms with van der Waals surface area (Å²) >= 11 is 1.51. The lowest BCUT2D eigenvalue weighted by Gasteiger charge is -2.09. The summed E-state index contributed by atoms with van der Waals surface area (Å²) in [6.45, 7) is 1.85. The Balaban J connectivity index is 1.57. The summed E-state index contributed by atoms with van der Waals surface area (Å²) in [7, 11) is 3.20. The molecule has 0 radical (unpaired) electrons. The van der Waals surface area contributed by atoms with E-state index in [2.05, 4.69) is 30.9 Å². The second-order valence-electron chi connectivity index (χ2n) is 6.17. The smallest absolute Gasteiger partial charge is 0.411 e. The van der Waals surface area contributed by atoms with E-state index in [0.717, 1.165) is 21.4 Å². The zero-order valence-electron chi connectivity index (χ0n) is 17.3. The first-order chi connectivity index (χ1) is 15.2. The van der Waals surface area contributed by atoms with Crippen LogP contribution >= 0.6 is 11.3 Å². The molecular weight excluding hydrogens is 420 g/mol. The molecule has 3 N–H and O–H groups in total.